The number of thiophene rings is 1. The second-order valence-corrected chi connectivity index (χ2v) is 8.20. The zero-order valence-corrected chi connectivity index (χ0v) is 16.0. The van der Waals surface area contributed by atoms with Gasteiger partial charge in [0, 0.05) is 17.0 Å². The van der Waals surface area contributed by atoms with Crippen molar-refractivity contribution in [3.8, 4) is 0 Å². The number of aromatic nitrogens is 1. The van der Waals surface area contributed by atoms with Gasteiger partial charge in [-0.05, 0) is 11.4 Å². The smallest absolute Gasteiger partial charge is 0.281 e. The van der Waals surface area contributed by atoms with Gasteiger partial charge in [-0.3, -0.25) is 10.1 Å². The van der Waals surface area contributed by atoms with Crippen LogP contribution in [0.1, 0.15) is 42.9 Å². The average Bonchev–Trinajstić information content (AvgIpc) is 3.27. The summed E-state index contributed by atoms with van der Waals surface area (Å²) in [6.07, 6.45) is 0. The lowest BCUT2D eigenvalue weighted by molar-refractivity contribution is -0.675. The molecule has 0 aliphatic carbocycles. The van der Waals surface area contributed by atoms with E-state index in [0.717, 1.165) is 5.69 Å². The number of carbonyl (C=O) groups is 1. The maximum absolute atomic E-state index is 12.4. The predicted molar refractivity (Wildman–Crippen MR) is 103 cm³/mol. The summed E-state index contributed by atoms with van der Waals surface area (Å²) >= 11 is 1.70. The Morgan fingerprint density at radius 3 is 2.62 bits per heavy atom. The van der Waals surface area contributed by atoms with Gasteiger partial charge in [0.05, 0.1) is 10.6 Å². The van der Waals surface area contributed by atoms with Crippen molar-refractivity contribution in [2.45, 2.75) is 32.2 Å². The lowest BCUT2D eigenvalue weighted by Gasteiger charge is -2.14. The largest absolute Gasteiger partial charge is 0.338 e. The molecule has 0 saturated heterocycles. The molecule has 2 heterocycles. The third-order valence-corrected chi connectivity index (χ3v) is 5.04. The number of nitrogens with one attached hydrogen (secondary N) is 1. The topological polar surface area (TPSA) is 71.7 Å². The quantitative estimate of drug-likeness (QED) is 0.699. The summed E-state index contributed by atoms with van der Waals surface area (Å²) in [4.78, 5) is 13.6. The molecule has 0 radical (unpaired) electrons. The van der Waals surface area contributed by atoms with E-state index in [0.29, 0.717) is 12.4 Å². The average molecular weight is 370 g/mol. The molecule has 6 heteroatoms. The number of carbonyl (C=O) groups excluding carboxylic acids is 1. The highest BCUT2D eigenvalue weighted by molar-refractivity contribution is 7.10. The molecule has 3 N–H and O–H groups in total. The lowest BCUT2D eigenvalue weighted by atomic mass is 9.92. The van der Waals surface area contributed by atoms with E-state index >= 15 is 0 Å². The molecular weight excluding hydrogens is 346 g/mol. The van der Waals surface area contributed by atoms with Crippen molar-refractivity contribution in [1.82, 2.24) is 5.16 Å². The molecule has 3 aromatic rings. The summed E-state index contributed by atoms with van der Waals surface area (Å²) in [5.41, 5.74) is 1.88. The van der Waals surface area contributed by atoms with Gasteiger partial charge in [-0.15, -0.1) is 11.3 Å². The number of benzene rings is 1. The van der Waals surface area contributed by atoms with E-state index < -0.39 is 0 Å². The molecule has 136 valence electrons. The van der Waals surface area contributed by atoms with Gasteiger partial charge >= 0.3 is 0 Å². The molecule has 0 spiro atoms. The summed E-state index contributed by atoms with van der Waals surface area (Å²) in [5, 5.41) is 10.9. The van der Waals surface area contributed by atoms with Crippen molar-refractivity contribution in [1.29, 1.82) is 0 Å². The number of rotatable bonds is 6. The molecule has 0 saturated carbocycles. The summed E-state index contributed by atoms with van der Waals surface area (Å²) in [6, 6.07) is 16.2. The first-order valence-electron chi connectivity index (χ1n) is 8.62. The second kappa shape index (κ2) is 7.85. The van der Waals surface area contributed by atoms with Crippen LogP contribution in [-0.2, 0) is 10.2 Å². The highest BCUT2D eigenvalue weighted by Gasteiger charge is 2.22. The van der Waals surface area contributed by atoms with Crippen molar-refractivity contribution in [3.05, 3.63) is 70.0 Å². The predicted octanol–water partition coefficient (Wildman–Crippen LogP) is 3.33. The van der Waals surface area contributed by atoms with Gasteiger partial charge in [-0.25, -0.2) is 0 Å². The minimum atomic E-state index is -0.115. The van der Waals surface area contributed by atoms with E-state index in [2.05, 4.69) is 54.8 Å². The number of amides is 1. The lowest BCUT2D eigenvalue weighted by Crippen LogP contribution is -2.87. The van der Waals surface area contributed by atoms with Gasteiger partial charge in [0.1, 0.15) is 6.04 Å². The van der Waals surface area contributed by atoms with Crippen LogP contribution in [-0.4, -0.2) is 17.6 Å². The van der Waals surface area contributed by atoms with Gasteiger partial charge < -0.3 is 9.84 Å². The van der Waals surface area contributed by atoms with Crippen LogP contribution in [0, 0.1) is 0 Å². The molecule has 0 aliphatic heterocycles. The first-order chi connectivity index (χ1) is 12.4. The molecule has 0 fully saturated rings. The summed E-state index contributed by atoms with van der Waals surface area (Å²) in [5.74, 6) is 0.278. The van der Waals surface area contributed by atoms with Gasteiger partial charge in [-0.1, -0.05) is 62.3 Å². The maximum Gasteiger partial charge on any atom is 0.281 e. The van der Waals surface area contributed by atoms with Crippen molar-refractivity contribution in [3.63, 3.8) is 0 Å². The SMILES string of the molecule is CC(C)(C)c1cc(NC(=O)C[NH2+][C@@H](c2ccccc2)c2cccs2)on1. The normalized spacial score (nSPS) is 12.7. The Hall–Kier alpha value is -2.44. The van der Waals surface area contributed by atoms with Gasteiger partial charge in [0.2, 0.25) is 5.88 Å². The molecule has 1 amide bonds. The van der Waals surface area contributed by atoms with Crippen LogP contribution in [0.2, 0.25) is 0 Å². The summed E-state index contributed by atoms with van der Waals surface area (Å²) in [7, 11) is 0. The molecule has 26 heavy (non-hydrogen) atoms. The van der Waals surface area contributed by atoms with E-state index in [-0.39, 0.29) is 17.4 Å². The van der Waals surface area contributed by atoms with Crippen molar-refractivity contribution < 1.29 is 14.6 Å². The van der Waals surface area contributed by atoms with Gasteiger partial charge in [-0.2, -0.15) is 0 Å². The van der Waals surface area contributed by atoms with Gasteiger partial charge in [0.25, 0.3) is 5.91 Å². The number of hydrogen-bond donors (Lipinski definition) is 2. The number of quaternary nitrogens is 1. The fraction of sp³-hybridized carbons (Fsp3) is 0.300. The minimum Gasteiger partial charge on any atom is -0.338 e. The van der Waals surface area contributed by atoms with Crippen LogP contribution >= 0.6 is 11.3 Å². The third-order valence-electron chi connectivity index (χ3n) is 4.09. The Morgan fingerprint density at radius 2 is 2.00 bits per heavy atom. The van der Waals surface area contributed by atoms with E-state index in [4.69, 9.17) is 4.52 Å². The Kier molecular flexibility index (Phi) is 5.54. The second-order valence-electron chi connectivity index (χ2n) is 7.22. The minimum absolute atomic E-state index is 0.0989. The Balaban J connectivity index is 1.64. The Morgan fingerprint density at radius 1 is 1.23 bits per heavy atom. The Bertz CT molecular complexity index is 836. The van der Waals surface area contributed by atoms with Crippen molar-refractivity contribution >= 4 is 23.1 Å². The molecule has 5 nitrogen and oxygen atoms in total. The number of anilines is 1. The van der Waals surface area contributed by atoms with E-state index in [1.54, 1.807) is 17.4 Å². The standard InChI is InChI=1S/C20H23N3O2S/c1-20(2,3)16-12-18(25-23-16)22-17(24)13-21-19(15-10-7-11-26-15)14-8-5-4-6-9-14/h4-12,19,21H,13H2,1-3H3,(H,22,24)/p+1/t19-/m0/s1. The van der Waals surface area contributed by atoms with Crippen LogP contribution in [0.5, 0.6) is 0 Å². The van der Waals surface area contributed by atoms with E-state index in [9.17, 15) is 4.79 Å². The molecule has 2 aromatic heterocycles. The van der Waals surface area contributed by atoms with Crippen LogP contribution in [0.3, 0.4) is 0 Å². The molecule has 1 aromatic carbocycles. The molecule has 0 bridgehead atoms. The molecule has 3 rings (SSSR count). The van der Waals surface area contributed by atoms with Crippen LogP contribution in [0.4, 0.5) is 5.88 Å². The monoisotopic (exact) mass is 370 g/mol. The summed E-state index contributed by atoms with van der Waals surface area (Å²) in [6.45, 7) is 6.45. The fourth-order valence-electron chi connectivity index (χ4n) is 2.65. The van der Waals surface area contributed by atoms with Crippen LogP contribution in [0.15, 0.2) is 58.4 Å². The van der Waals surface area contributed by atoms with Crippen molar-refractivity contribution in [2.75, 3.05) is 11.9 Å². The molecular formula is C20H24N3O2S+. The number of nitrogens with two attached hydrogens (primary N) is 1. The van der Waals surface area contributed by atoms with E-state index in [1.807, 2.05) is 29.6 Å². The Labute approximate surface area is 157 Å². The van der Waals surface area contributed by atoms with Crippen LogP contribution in [0.25, 0.3) is 0 Å². The molecule has 0 aliphatic rings. The number of nitrogens with zero attached hydrogens (tertiary/aromatic N) is 1. The summed E-state index contributed by atoms with van der Waals surface area (Å²) < 4.78 is 5.23. The fourth-order valence-corrected chi connectivity index (χ4v) is 3.50. The number of hydrogen-bond acceptors (Lipinski definition) is 4. The third kappa shape index (κ3) is 4.59. The highest BCUT2D eigenvalue weighted by atomic mass is 32.1. The highest BCUT2D eigenvalue weighted by Crippen LogP contribution is 2.24. The van der Waals surface area contributed by atoms with Crippen molar-refractivity contribution in [2.24, 2.45) is 0 Å². The maximum atomic E-state index is 12.4. The van der Waals surface area contributed by atoms with Crippen LogP contribution < -0.4 is 10.6 Å². The zero-order chi connectivity index (χ0) is 18.6. The van der Waals surface area contributed by atoms with Gasteiger partial charge in [0.15, 0.2) is 6.54 Å². The zero-order valence-electron chi connectivity index (χ0n) is 15.2. The van der Waals surface area contributed by atoms with E-state index in [1.165, 1.54) is 10.4 Å². The first-order valence-corrected chi connectivity index (χ1v) is 9.50. The first kappa shape index (κ1) is 18.4. The molecule has 1 atom stereocenters. The molecule has 0 unspecified atom stereocenters.